The maximum atomic E-state index is 8.39. The average Bonchev–Trinajstić information content (AvgIpc) is 1.91. The van der Waals surface area contributed by atoms with Gasteiger partial charge in [0.25, 0.3) is 4.77 Å². The van der Waals surface area contributed by atoms with E-state index in [-0.39, 0.29) is 4.77 Å². The minimum Gasteiger partial charge on any atom is -0.410 e. The van der Waals surface area contributed by atoms with E-state index in [1.54, 1.807) is 0 Å². The summed E-state index contributed by atoms with van der Waals surface area (Å²) in [5, 5.41) is 16.9. The highest BCUT2D eigenvalue weighted by Crippen LogP contribution is 1.70. The topological polar surface area (TPSA) is 66.7 Å². The molecule has 1 aromatic heterocycles. The lowest BCUT2D eigenvalue weighted by Crippen LogP contribution is -1.90. The van der Waals surface area contributed by atoms with Gasteiger partial charge in [-0.2, -0.15) is 5.21 Å². The van der Waals surface area contributed by atoms with Crippen LogP contribution in [0.5, 0.6) is 0 Å². The third-order valence-corrected chi connectivity index (χ3v) is 0.711. The van der Waals surface area contributed by atoms with Crippen molar-refractivity contribution < 1.29 is 5.21 Å². The lowest BCUT2D eigenvalue weighted by molar-refractivity contribution is 0.139. The molecule has 7 heavy (non-hydrogen) atoms. The molecule has 1 rings (SSSR count). The Bertz CT molecular complexity index is 199. The van der Waals surface area contributed by atoms with Gasteiger partial charge in [-0.25, -0.2) is 0 Å². The molecule has 0 aliphatic carbocycles. The molecule has 0 aliphatic rings. The van der Waals surface area contributed by atoms with Crippen LogP contribution in [0.25, 0.3) is 0 Å². The fourth-order valence-corrected chi connectivity index (χ4v) is 0.274. The molecule has 0 fully saturated rings. The molecular formula is CH2N4OS. The van der Waals surface area contributed by atoms with Gasteiger partial charge in [0.1, 0.15) is 0 Å². The molecule has 38 valence electrons. The van der Waals surface area contributed by atoms with Crippen molar-refractivity contribution in [3.8, 4) is 0 Å². The predicted octanol–water partition coefficient (Wildman–Crippen LogP) is -0.427. The maximum absolute atomic E-state index is 8.39. The molecule has 0 radical (unpaired) electrons. The van der Waals surface area contributed by atoms with Crippen LogP contribution in [0.3, 0.4) is 0 Å². The van der Waals surface area contributed by atoms with Crippen molar-refractivity contribution in [3.05, 3.63) is 4.77 Å². The van der Waals surface area contributed by atoms with Gasteiger partial charge >= 0.3 is 0 Å². The highest BCUT2D eigenvalue weighted by molar-refractivity contribution is 7.71. The summed E-state index contributed by atoms with van der Waals surface area (Å²) in [5.41, 5.74) is 0. The van der Waals surface area contributed by atoms with Crippen LogP contribution < -0.4 is 0 Å². The first-order chi connectivity index (χ1) is 3.30. The summed E-state index contributed by atoms with van der Waals surface area (Å²) in [6.07, 6.45) is 0. The highest BCUT2D eigenvalue weighted by atomic mass is 32.1. The lowest BCUT2D eigenvalue weighted by Gasteiger charge is -1.76. The predicted molar refractivity (Wildman–Crippen MR) is 22.4 cm³/mol. The third kappa shape index (κ3) is 0.588. The fourth-order valence-electron chi connectivity index (χ4n) is 0.193. The van der Waals surface area contributed by atoms with Gasteiger partial charge in [0.2, 0.25) is 0 Å². The molecule has 0 aromatic carbocycles. The Hall–Kier alpha value is -0.910. The van der Waals surface area contributed by atoms with Gasteiger partial charge in [-0.05, 0) is 17.4 Å². The summed E-state index contributed by atoms with van der Waals surface area (Å²) < 4.78 is 0.0278. The van der Waals surface area contributed by atoms with Crippen molar-refractivity contribution in [1.29, 1.82) is 0 Å². The van der Waals surface area contributed by atoms with Crippen LogP contribution in [0.2, 0.25) is 0 Å². The van der Waals surface area contributed by atoms with Crippen LogP contribution in [-0.2, 0) is 0 Å². The number of nitrogens with zero attached hydrogens (tertiary/aromatic N) is 3. The van der Waals surface area contributed by atoms with Crippen LogP contribution in [0.4, 0.5) is 0 Å². The number of nitrogens with one attached hydrogen (secondary N) is 1. The molecule has 5 nitrogen and oxygen atoms in total. The molecule has 0 unspecified atom stereocenters. The van der Waals surface area contributed by atoms with E-state index in [2.05, 4.69) is 27.7 Å². The first-order valence-electron chi connectivity index (χ1n) is 1.50. The van der Waals surface area contributed by atoms with E-state index >= 15 is 0 Å². The zero-order valence-corrected chi connectivity index (χ0v) is 4.01. The summed E-state index contributed by atoms with van der Waals surface area (Å²) in [4.78, 5) is 0.551. The van der Waals surface area contributed by atoms with Gasteiger partial charge in [-0.1, -0.05) is 9.94 Å². The molecule has 2 N–H and O–H groups in total. The van der Waals surface area contributed by atoms with Crippen LogP contribution in [0.15, 0.2) is 0 Å². The van der Waals surface area contributed by atoms with E-state index in [1.165, 1.54) is 0 Å². The lowest BCUT2D eigenvalue weighted by atomic mass is 11.4. The summed E-state index contributed by atoms with van der Waals surface area (Å²) in [7, 11) is 0. The van der Waals surface area contributed by atoms with Gasteiger partial charge in [0.15, 0.2) is 0 Å². The van der Waals surface area contributed by atoms with Crippen LogP contribution in [-0.4, -0.2) is 25.6 Å². The van der Waals surface area contributed by atoms with Gasteiger partial charge < -0.3 is 5.21 Å². The average molecular weight is 118 g/mol. The molecule has 0 saturated heterocycles. The minimum atomic E-state index is 0.0278. The number of aromatic amines is 1. The second-order valence-corrected chi connectivity index (χ2v) is 1.26. The summed E-state index contributed by atoms with van der Waals surface area (Å²) in [6.45, 7) is 0. The number of hydrogen-bond acceptors (Lipinski definition) is 4. The number of rotatable bonds is 0. The van der Waals surface area contributed by atoms with E-state index < -0.39 is 0 Å². The minimum absolute atomic E-state index is 0.0278. The Morgan fingerprint density at radius 2 is 2.57 bits per heavy atom. The number of aromatic nitrogens is 4. The van der Waals surface area contributed by atoms with Gasteiger partial charge in [-0.15, -0.1) is 0 Å². The third-order valence-electron chi connectivity index (χ3n) is 0.456. The molecule has 0 amide bonds. The smallest absolute Gasteiger partial charge is 0.276 e. The Balaban J connectivity index is 3.39. The molecule has 0 saturated carbocycles. The molecule has 1 aromatic rings. The van der Waals surface area contributed by atoms with Crippen molar-refractivity contribution >= 4 is 12.2 Å². The molecule has 0 aliphatic heterocycles. The Morgan fingerprint density at radius 3 is 2.71 bits per heavy atom. The zero-order chi connectivity index (χ0) is 5.28. The molecule has 0 bridgehead atoms. The SMILES string of the molecule is On1[nH]nnc1=S. The fraction of sp³-hybridized carbons (Fsp3) is 0. The van der Waals surface area contributed by atoms with Crippen LogP contribution in [0, 0.1) is 4.77 Å². The standard InChI is InChI=1S/CH2N4OS/c6-5-1(7)2-3-4-5/h6H,(H,2,4,7). The zero-order valence-electron chi connectivity index (χ0n) is 3.20. The van der Waals surface area contributed by atoms with Crippen molar-refractivity contribution in [3.63, 3.8) is 0 Å². The van der Waals surface area contributed by atoms with E-state index in [4.69, 9.17) is 5.21 Å². The second-order valence-electron chi connectivity index (χ2n) is 0.894. The number of tetrazole rings is 1. The highest BCUT2D eigenvalue weighted by Gasteiger charge is 1.82. The van der Waals surface area contributed by atoms with Gasteiger partial charge in [0.05, 0.1) is 0 Å². The van der Waals surface area contributed by atoms with E-state index in [0.717, 1.165) is 0 Å². The Morgan fingerprint density at radius 1 is 1.86 bits per heavy atom. The molecular weight excluding hydrogens is 116 g/mol. The molecule has 6 heteroatoms. The maximum Gasteiger partial charge on any atom is 0.276 e. The molecule has 0 atom stereocenters. The summed E-state index contributed by atoms with van der Waals surface area (Å²) in [6, 6.07) is 0. The number of hydrogen-bond donors (Lipinski definition) is 2. The Kier molecular flexibility index (Phi) is 0.791. The summed E-state index contributed by atoms with van der Waals surface area (Å²) in [5.74, 6) is 0. The van der Waals surface area contributed by atoms with E-state index in [1.807, 2.05) is 0 Å². The van der Waals surface area contributed by atoms with E-state index in [0.29, 0.717) is 4.85 Å². The molecule has 0 spiro atoms. The monoisotopic (exact) mass is 118 g/mol. The quantitative estimate of drug-likeness (QED) is 0.358. The van der Waals surface area contributed by atoms with Crippen molar-refractivity contribution in [2.45, 2.75) is 0 Å². The Labute approximate surface area is 43.5 Å². The van der Waals surface area contributed by atoms with Gasteiger partial charge in [-0.3, -0.25) is 0 Å². The first-order valence-corrected chi connectivity index (χ1v) is 1.91. The molecule has 1 heterocycles. The second kappa shape index (κ2) is 1.30. The summed E-state index contributed by atoms with van der Waals surface area (Å²) >= 11 is 4.39. The largest absolute Gasteiger partial charge is 0.410 e. The van der Waals surface area contributed by atoms with E-state index in [9.17, 15) is 0 Å². The van der Waals surface area contributed by atoms with Crippen molar-refractivity contribution in [2.24, 2.45) is 0 Å². The number of H-pyrrole nitrogens is 1. The van der Waals surface area contributed by atoms with Crippen LogP contribution in [0.1, 0.15) is 0 Å². The first kappa shape index (κ1) is 4.25. The van der Waals surface area contributed by atoms with Crippen LogP contribution >= 0.6 is 12.2 Å². The van der Waals surface area contributed by atoms with Gasteiger partial charge in [0, 0.05) is 0 Å². The van der Waals surface area contributed by atoms with Crippen molar-refractivity contribution in [1.82, 2.24) is 20.4 Å². The normalized spacial score (nSPS) is 9.14. The van der Waals surface area contributed by atoms with Crippen molar-refractivity contribution in [2.75, 3.05) is 0 Å².